The summed E-state index contributed by atoms with van der Waals surface area (Å²) >= 11 is 0. The first-order valence-electron chi connectivity index (χ1n) is 29.7. The van der Waals surface area contributed by atoms with Gasteiger partial charge in [-0.2, -0.15) is 0 Å². The molecule has 0 aromatic heterocycles. The molecule has 24 nitrogen and oxygen atoms in total. The van der Waals surface area contributed by atoms with Crippen LogP contribution in [0.1, 0.15) is 164 Å². The van der Waals surface area contributed by atoms with Crippen LogP contribution in [0.25, 0.3) is 0 Å². The molecular weight excluding hydrogens is 1080 g/mol. The minimum Gasteiger partial charge on any atom is -0.507 e. The fourth-order valence-electron chi connectivity index (χ4n) is 11.4. The molecule has 2 aliphatic rings. The largest absolute Gasteiger partial charge is 0.507 e. The van der Waals surface area contributed by atoms with Crippen LogP contribution in [0, 0.1) is 29.6 Å². The number of Topliss-reactive ketones (excluding diaryl/α,β-unsaturated/α-hetero) is 1. The number of carbonyl (C=O) groups excluding carboxylic acids is 2. The van der Waals surface area contributed by atoms with E-state index < -0.39 is 183 Å². The SMILES string of the molecule is CCCCCCCCCC[C@@H](O)C[C@]1(O)O[C@H](C[C@H](O)[C@@H](O)[C@H](O)[C@@H](O)[C@@H](O)C[C@@H](O)C[C@@H](O)C[C@@H](O)C[C@@H](O)[C@H](C)[C@@H](O)[C@@H](C)[C@@H](O)C[C@@H](O)[C@H](C)[C@@H](O)[C@H](O)C[C@H](C)C[C@H](C)C=C(C)C(O)=C2C(=O)CN(C)C2=O)[C@@H](O)[C@H](O)[C@@H]1O. The number of likely N-dealkylation sites (tertiary alicyclic amines) is 1. The van der Waals surface area contributed by atoms with Gasteiger partial charge < -0.3 is 112 Å². The molecule has 0 bridgehead atoms. The maximum atomic E-state index is 12.3. The Bertz CT molecular complexity index is 1920. The van der Waals surface area contributed by atoms with Crippen molar-refractivity contribution < 1.29 is 116 Å². The smallest absolute Gasteiger partial charge is 0.261 e. The lowest BCUT2D eigenvalue weighted by atomic mass is 9.80. The van der Waals surface area contributed by atoms with E-state index in [1.165, 1.54) is 39.1 Å². The molecule has 0 radical (unpaired) electrons. The Morgan fingerprint density at radius 1 is 0.573 bits per heavy atom. The normalized spacial score (nSPS) is 28.3. The zero-order valence-corrected chi connectivity index (χ0v) is 49.5. The lowest BCUT2D eigenvalue weighted by molar-refractivity contribution is -0.356. The molecule has 2 fully saturated rings. The molecule has 2 saturated heterocycles. The molecule has 24 heteroatoms. The Hall–Kier alpha value is -2.38. The van der Waals surface area contributed by atoms with Gasteiger partial charge >= 0.3 is 0 Å². The summed E-state index contributed by atoms with van der Waals surface area (Å²) in [6.45, 7) is 11.7. The molecule has 0 saturated carbocycles. The number of allylic oxidation sites excluding steroid dienone is 2. The van der Waals surface area contributed by atoms with E-state index in [9.17, 15) is 112 Å². The Morgan fingerprint density at radius 3 is 1.56 bits per heavy atom. The Morgan fingerprint density at radius 2 is 1.04 bits per heavy atom. The first-order valence-corrected chi connectivity index (χ1v) is 29.7. The molecule has 0 spiro atoms. The number of hydrogen-bond donors (Lipinski definition) is 20. The summed E-state index contributed by atoms with van der Waals surface area (Å²) in [7, 11) is 1.46. The number of rotatable bonds is 40. The van der Waals surface area contributed by atoms with E-state index in [-0.39, 0.29) is 55.4 Å². The highest BCUT2D eigenvalue weighted by atomic mass is 16.7. The third kappa shape index (κ3) is 23.4. The van der Waals surface area contributed by atoms with E-state index in [2.05, 4.69) is 6.92 Å². The molecule has 0 aliphatic carbocycles. The van der Waals surface area contributed by atoms with Crippen LogP contribution in [0.3, 0.4) is 0 Å². The predicted molar refractivity (Wildman–Crippen MR) is 299 cm³/mol. The topological polar surface area (TPSA) is 451 Å². The second-order valence-corrected chi connectivity index (χ2v) is 24.6. The van der Waals surface area contributed by atoms with Crippen LogP contribution in [0.4, 0.5) is 0 Å². The number of likely N-dealkylation sites (N-methyl/N-ethyl adjacent to an activating group) is 1. The number of ether oxygens (including phenoxy) is 1. The maximum absolute atomic E-state index is 12.3. The maximum Gasteiger partial charge on any atom is 0.261 e. The van der Waals surface area contributed by atoms with E-state index in [1.807, 2.05) is 13.8 Å². The highest BCUT2D eigenvalue weighted by Crippen LogP contribution is 2.36. The number of aliphatic hydroxyl groups is 20. The second kappa shape index (κ2) is 36.1. The Balaban J connectivity index is 1.83. The molecule has 2 heterocycles. The van der Waals surface area contributed by atoms with Gasteiger partial charge in [-0.25, -0.2) is 0 Å². The number of nitrogens with zero attached hydrogens (tertiary/aromatic N) is 1. The van der Waals surface area contributed by atoms with Crippen molar-refractivity contribution >= 4 is 11.7 Å². The molecule has 25 atom stereocenters. The van der Waals surface area contributed by atoms with Crippen LogP contribution in [-0.4, -0.2) is 254 Å². The lowest BCUT2D eigenvalue weighted by Gasteiger charge is -2.47. The summed E-state index contributed by atoms with van der Waals surface area (Å²) in [5.74, 6) is -7.23. The molecule has 0 unspecified atom stereocenters. The number of aliphatic hydroxyl groups excluding tert-OH is 19. The van der Waals surface area contributed by atoms with Gasteiger partial charge in [0.05, 0.1) is 85.9 Å². The van der Waals surface area contributed by atoms with Gasteiger partial charge in [0.15, 0.2) is 11.6 Å². The van der Waals surface area contributed by atoms with Gasteiger partial charge in [0, 0.05) is 44.1 Å². The van der Waals surface area contributed by atoms with Gasteiger partial charge in [-0.15, -0.1) is 0 Å². The van der Waals surface area contributed by atoms with Gasteiger partial charge in [-0.1, -0.05) is 99.0 Å². The lowest BCUT2D eigenvalue weighted by Crippen LogP contribution is -2.65. The van der Waals surface area contributed by atoms with E-state index in [4.69, 9.17) is 4.74 Å². The molecule has 0 aromatic rings. The van der Waals surface area contributed by atoms with Gasteiger partial charge in [-0.05, 0) is 69.3 Å². The van der Waals surface area contributed by atoms with E-state index in [0.717, 1.165) is 38.5 Å². The number of ketones is 1. The van der Waals surface area contributed by atoms with Gasteiger partial charge in [-0.3, -0.25) is 9.59 Å². The van der Waals surface area contributed by atoms with Crippen LogP contribution in [0.2, 0.25) is 0 Å². The van der Waals surface area contributed by atoms with Crippen molar-refractivity contribution in [3.8, 4) is 0 Å². The average molecular weight is 1190 g/mol. The summed E-state index contributed by atoms with van der Waals surface area (Å²) in [5.41, 5.74) is 0.0812. The average Bonchev–Trinajstić information content (AvgIpc) is 3.84. The van der Waals surface area contributed by atoms with Crippen molar-refractivity contribution in [1.82, 2.24) is 4.90 Å². The summed E-state index contributed by atoms with van der Waals surface area (Å²) in [6, 6.07) is 0. The highest BCUT2D eigenvalue weighted by molar-refractivity contribution is 6.25. The van der Waals surface area contributed by atoms with Crippen molar-refractivity contribution in [2.24, 2.45) is 29.6 Å². The number of amides is 1. The highest BCUT2D eigenvalue weighted by Gasteiger charge is 2.54. The predicted octanol–water partition coefficient (Wildman–Crippen LogP) is -1.41. The molecule has 0 aromatic carbocycles. The van der Waals surface area contributed by atoms with Crippen LogP contribution < -0.4 is 0 Å². The molecule has 2 aliphatic heterocycles. The molecule has 2 rings (SSSR count). The summed E-state index contributed by atoms with van der Waals surface area (Å²) in [6.07, 6.45) is -25.5. The Kier molecular flexibility index (Phi) is 33.3. The monoisotopic (exact) mass is 1190 g/mol. The zero-order chi connectivity index (χ0) is 62.7. The standard InChI is InChI=1S/C58H107NO23/c1-9-10-11-12-13-14-15-16-17-35(60)27-58(81)56(79)55(78)53(76)46(82-58)26-44(69)52(75)54(77)51(74)43(68)24-38(63)22-36(61)21-37(62)23-39(64)32(5)49(72)33(6)40(65)25-41(66)34(7)50(73)42(67)20-30(3)18-29(2)19-31(4)48(71)47-45(70)28-59(8)57(47)80/h19,29-30,32-44,46,49-56,60-69,71-79,81H,9-18,20-28H2,1-8H3/t29-,30+,32-,33-,34-,35+,36-,37+,38-,39+,40-,41+,42+,43-,44-,46+,49+,50+,51-,52+,53+,54+,55-,56-,58-/m0/s1. The fourth-order valence-corrected chi connectivity index (χ4v) is 11.4. The van der Waals surface area contributed by atoms with E-state index in [1.54, 1.807) is 13.0 Å². The third-order valence-electron chi connectivity index (χ3n) is 17.0. The van der Waals surface area contributed by atoms with Gasteiger partial charge in [0.1, 0.15) is 48.0 Å². The summed E-state index contributed by atoms with van der Waals surface area (Å²) in [4.78, 5) is 25.8. The first-order chi connectivity index (χ1) is 38.1. The van der Waals surface area contributed by atoms with Crippen molar-refractivity contribution in [1.29, 1.82) is 0 Å². The van der Waals surface area contributed by atoms with Crippen molar-refractivity contribution in [2.45, 2.75) is 286 Å². The third-order valence-corrected chi connectivity index (χ3v) is 17.0. The van der Waals surface area contributed by atoms with Crippen LogP contribution in [0.5, 0.6) is 0 Å². The minimum absolute atomic E-state index is 0.120. The summed E-state index contributed by atoms with van der Waals surface area (Å²) in [5, 5.41) is 216. The van der Waals surface area contributed by atoms with Crippen LogP contribution in [0.15, 0.2) is 23.0 Å². The molecule has 20 N–H and O–H groups in total. The fraction of sp³-hybridized carbons (Fsp3) is 0.897. The van der Waals surface area contributed by atoms with Crippen molar-refractivity contribution in [2.75, 3.05) is 13.6 Å². The molecule has 1 amide bonds. The van der Waals surface area contributed by atoms with Crippen LogP contribution in [-0.2, 0) is 14.3 Å². The van der Waals surface area contributed by atoms with Gasteiger partial charge in [0.2, 0.25) is 0 Å². The van der Waals surface area contributed by atoms with E-state index >= 15 is 0 Å². The summed E-state index contributed by atoms with van der Waals surface area (Å²) < 4.78 is 5.50. The first kappa shape index (κ1) is 75.7. The number of carbonyl (C=O) groups is 2. The molecular formula is C58H107NO23. The molecule has 82 heavy (non-hydrogen) atoms. The van der Waals surface area contributed by atoms with Crippen molar-refractivity contribution in [3.05, 3.63) is 23.0 Å². The molecule has 482 valence electrons. The van der Waals surface area contributed by atoms with Crippen LogP contribution >= 0.6 is 0 Å². The van der Waals surface area contributed by atoms with Gasteiger partial charge in [0.25, 0.3) is 5.91 Å². The quantitative estimate of drug-likeness (QED) is 0.0145. The number of unbranched alkanes of at least 4 members (excludes halogenated alkanes) is 7. The Labute approximate surface area is 483 Å². The van der Waals surface area contributed by atoms with E-state index in [0.29, 0.717) is 18.4 Å². The second-order valence-electron chi connectivity index (χ2n) is 24.6. The number of hydrogen-bond acceptors (Lipinski definition) is 23. The minimum atomic E-state index is -2.59. The zero-order valence-electron chi connectivity index (χ0n) is 49.5. The van der Waals surface area contributed by atoms with Crippen molar-refractivity contribution in [3.63, 3.8) is 0 Å².